The van der Waals surface area contributed by atoms with Crippen LogP contribution in [0, 0.1) is 25.2 Å². The van der Waals surface area contributed by atoms with Crippen LogP contribution in [0.5, 0.6) is 0 Å². The number of hydrogen-bond acceptors (Lipinski definition) is 2. The molecule has 72 valence electrons. The van der Waals surface area contributed by atoms with Crippen LogP contribution in [0.2, 0.25) is 0 Å². The number of nitrogens with two attached hydrogens (primary N) is 1. The maximum atomic E-state index is 8.65. The van der Waals surface area contributed by atoms with Crippen molar-refractivity contribution in [3.05, 3.63) is 34.4 Å². The van der Waals surface area contributed by atoms with Gasteiger partial charge in [0, 0.05) is 11.3 Å². The minimum Gasteiger partial charge on any atom is -0.398 e. The Morgan fingerprint density at radius 1 is 1.36 bits per heavy atom. The van der Waals surface area contributed by atoms with Crippen LogP contribution in [-0.4, -0.2) is 0 Å². The van der Waals surface area contributed by atoms with Crippen molar-refractivity contribution in [2.45, 2.75) is 20.8 Å². The Kier molecular flexibility index (Phi) is 2.93. The summed E-state index contributed by atoms with van der Waals surface area (Å²) in [5, 5.41) is 8.65. The van der Waals surface area contributed by atoms with Crippen LogP contribution < -0.4 is 5.73 Å². The molecule has 0 radical (unpaired) electrons. The molecule has 0 aliphatic heterocycles. The Morgan fingerprint density at radius 2 is 1.86 bits per heavy atom. The second-order valence-corrected chi connectivity index (χ2v) is 3.51. The molecule has 1 rings (SSSR count). The Morgan fingerprint density at radius 3 is 2.29 bits per heavy atom. The topological polar surface area (TPSA) is 49.8 Å². The maximum Gasteiger partial charge on any atom is 0.0944 e. The lowest BCUT2D eigenvalue weighted by Crippen LogP contribution is -1.94. The van der Waals surface area contributed by atoms with Gasteiger partial charge in [-0.15, -0.1) is 0 Å². The summed E-state index contributed by atoms with van der Waals surface area (Å²) in [5.41, 5.74) is 10.5. The normalized spacial score (nSPS) is 11.1. The predicted octanol–water partition coefficient (Wildman–Crippen LogP) is 2.81. The first-order chi connectivity index (χ1) is 6.54. The van der Waals surface area contributed by atoms with Crippen LogP contribution in [0.4, 0.5) is 5.69 Å². The Bertz CT molecular complexity index is 399. The molecule has 0 aliphatic rings. The summed E-state index contributed by atoms with van der Waals surface area (Å²) in [6.45, 7) is 5.74. The Hall–Kier alpha value is -1.75. The van der Waals surface area contributed by atoms with Gasteiger partial charge in [0.15, 0.2) is 0 Å². The molecule has 2 heteroatoms. The van der Waals surface area contributed by atoms with E-state index in [2.05, 4.69) is 6.07 Å². The summed E-state index contributed by atoms with van der Waals surface area (Å²) < 4.78 is 0. The third-order valence-electron chi connectivity index (χ3n) is 2.18. The molecule has 0 aromatic heterocycles. The molecule has 2 nitrogen and oxygen atoms in total. The lowest BCUT2D eigenvalue weighted by atomic mass is 10.0. The lowest BCUT2D eigenvalue weighted by molar-refractivity contribution is 1.37. The first-order valence-electron chi connectivity index (χ1n) is 4.49. The number of nitrogen functional groups attached to an aromatic ring is 1. The van der Waals surface area contributed by atoms with E-state index in [4.69, 9.17) is 11.0 Å². The fourth-order valence-corrected chi connectivity index (χ4v) is 1.37. The van der Waals surface area contributed by atoms with Gasteiger partial charge in [0.2, 0.25) is 0 Å². The molecule has 0 spiro atoms. The summed E-state index contributed by atoms with van der Waals surface area (Å²) in [5.74, 6) is 0. The highest BCUT2D eigenvalue weighted by Gasteiger charge is 1.99. The number of rotatable bonds is 1. The maximum absolute atomic E-state index is 8.65. The zero-order valence-corrected chi connectivity index (χ0v) is 8.76. The van der Waals surface area contributed by atoms with Crippen molar-refractivity contribution >= 4 is 11.8 Å². The van der Waals surface area contributed by atoms with E-state index in [1.54, 1.807) is 6.92 Å². The molecule has 0 unspecified atom stereocenters. The first-order valence-corrected chi connectivity index (χ1v) is 4.49. The average Bonchev–Trinajstić information content (AvgIpc) is 2.14. The Labute approximate surface area is 84.7 Å². The molecule has 14 heavy (non-hydrogen) atoms. The van der Waals surface area contributed by atoms with Crippen molar-refractivity contribution in [3.8, 4) is 6.07 Å². The van der Waals surface area contributed by atoms with E-state index in [-0.39, 0.29) is 0 Å². The van der Waals surface area contributed by atoms with Crippen molar-refractivity contribution < 1.29 is 0 Å². The van der Waals surface area contributed by atoms with Crippen LogP contribution in [0.3, 0.4) is 0 Å². The second-order valence-electron chi connectivity index (χ2n) is 3.51. The molecular weight excluding hydrogens is 172 g/mol. The molecule has 0 bridgehead atoms. The van der Waals surface area contributed by atoms with E-state index in [0.29, 0.717) is 5.57 Å². The lowest BCUT2D eigenvalue weighted by Gasteiger charge is -2.05. The highest BCUT2D eigenvalue weighted by Crippen LogP contribution is 2.20. The third kappa shape index (κ3) is 2.14. The van der Waals surface area contributed by atoms with E-state index in [9.17, 15) is 0 Å². The van der Waals surface area contributed by atoms with Gasteiger partial charge in [-0.2, -0.15) is 5.26 Å². The van der Waals surface area contributed by atoms with Gasteiger partial charge in [0.05, 0.1) is 6.07 Å². The predicted molar refractivity (Wildman–Crippen MR) is 59.6 cm³/mol. The number of allylic oxidation sites excluding steroid dienone is 1. The minimum absolute atomic E-state index is 0.702. The number of aryl methyl sites for hydroxylation is 2. The van der Waals surface area contributed by atoms with Crippen LogP contribution in [0.15, 0.2) is 17.7 Å². The molecule has 1 aromatic carbocycles. The highest BCUT2D eigenvalue weighted by molar-refractivity contribution is 5.64. The number of nitriles is 1. The van der Waals surface area contributed by atoms with Gasteiger partial charge in [0.1, 0.15) is 0 Å². The average molecular weight is 186 g/mol. The van der Waals surface area contributed by atoms with Crippen molar-refractivity contribution in [1.82, 2.24) is 0 Å². The van der Waals surface area contributed by atoms with E-state index >= 15 is 0 Å². The molecule has 0 heterocycles. The molecule has 0 fully saturated rings. The van der Waals surface area contributed by atoms with E-state index in [1.807, 2.05) is 32.1 Å². The fraction of sp³-hybridized carbons (Fsp3) is 0.250. The Balaban J connectivity index is 3.21. The van der Waals surface area contributed by atoms with Gasteiger partial charge < -0.3 is 5.73 Å². The summed E-state index contributed by atoms with van der Waals surface area (Å²) in [4.78, 5) is 0. The van der Waals surface area contributed by atoms with E-state index < -0.39 is 0 Å². The summed E-state index contributed by atoms with van der Waals surface area (Å²) >= 11 is 0. The van der Waals surface area contributed by atoms with Gasteiger partial charge in [-0.25, -0.2) is 0 Å². The third-order valence-corrected chi connectivity index (χ3v) is 2.18. The standard InChI is InChI=1S/C12H14N2/c1-8(7-13)4-11-5-9(2)12(14)10(3)6-11/h4-6H,14H2,1-3H3. The molecule has 2 N–H and O–H groups in total. The van der Waals surface area contributed by atoms with Crippen LogP contribution >= 0.6 is 0 Å². The van der Waals surface area contributed by atoms with E-state index in [0.717, 1.165) is 22.4 Å². The van der Waals surface area contributed by atoms with Gasteiger partial charge in [-0.05, 0) is 55.7 Å². The van der Waals surface area contributed by atoms with Crippen molar-refractivity contribution in [2.24, 2.45) is 0 Å². The highest BCUT2D eigenvalue weighted by atomic mass is 14.6. The zero-order chi connectivity index (χ0) is 10.7. The minimum atomic E-state index is 0.702. The smallest absolute Gasteiger partial charge is 0.0944 e. The van der Waals surface area contributed by atoms with E-state index in [1.165, 1.54) is 0 Å². The van der Waals surface area contributed by atoms with Crippen LogP contribution in [0.1, 0.15) is 23.6 Å². The first kappa shape index (κ1) is 10.3. The molecule has 0 atom stereocenters. The summed E-state index contributed by atoms with van der Waals surface area (Å²) in [6.07, 6.45) is 1.86. The molecule has 0 amide bonds. The van der Waals surface area contributed by atoms with Gasteiger partial charge in [0.25, 0.3) is 0 Å². The largest absolute Gasteiger partial charge is 0.398 e. The van der Waals surface area contributed by atoms with Gasteiger partial charge in [-0.3, -0.25) is 0 Å². The molecular formula is C12H14N2. The van der Waals surface area contributed by atoms with Crippen LogP contribution in [0.25, 0.3) is 6.08 Å². The quantitative estimate of drug-likeness (QED) is 0.541. The number of benzene rings is 1. The van der Waals surface area contributed by atoms with Crippen molar-refractivity contribution in [2.75, 3.05) is 5.73 Å². The number of hydrogen-bond donors (Lipinski definition) is 1. The van der Waals surface area contributed by atoms with Gasteiger partial charge in [-0.1, -0.05) is 0 Å². The van der Waals surface area contributed by atoms with Crippen molar-refractivity contribution in [3.63, 3.8) is 0 Å². The molecule has 1 aromatic rings. The zero-order valence-electron chi connectivity index (χ0n) is 8.76. The molecule has 0 aliphatic carbocycles. The van der Waals surface area contributed by atoms with Crippen LogP contribution in [-0.2, 0) is 0 Å². The monoisotopic (exact) mass is 186 g/mol. The molecule has 0 saturated carbocycles. The molecule has 0 saturated heterocycles. The second kappa shape index (κ2) is 3.97. The fourth-order valence-electron chi connectivity index (χ4n) is 1.37. The summed E-state index contributed by atoms with van der Waals surface area (Å²) in [6, 6.07) is 6.08. The number of nitrogens with zero attached hydrogens (tertiary/aromatic N) is 1. The number of anilines is 1. The van der Waals surface area contributed by atoms with Gasteiger partial charge >= 0.3 is 0 Å². The SMILES string of the molecule is CC(C#N)=Cc1cc(C)c(N)c(C)c1. The summed E-state index contributed by atoms with van der Waals surface area (Å²) in [7, 11) is 0. The van der Waals surface area contributed by atoms with Crippen molar-refractivity contribution in [1.29, 1.82) is 5.26 Å².